The Bertz CT molecular complexity index is 681. The first kappa shape index (κ1) is 16.6. The normalized spacial score (nSPS) is 14.8. The van der Waals surface area contributed by atoms with Crippen molar-refractivity contribution in [3.63, 3.8) is 0 Å². The maximum absolute atomic E-state index is 5.87. The topological polar surface area (TPSA) is 50.3 Å². The van der Waals surface area contributed by atoms with E-state index in [-0.39, 0.29) is 6.10 Å². The van der Waals surface area contributed by atoms with Gasteiger partial charge in [0, 0.05) is 24.8 Å². The molecule has 0 aliphatic carbocycles. The summed E-state index contributed by atoms with van der Waals surface area (Å²) in [5.41, 5.74) is 1.86. The van der Waals surface area contributed by atoms with E-state index in [9.17, 15) is 0 Å². The quantitative estimate of drug-likeness (QED) is 0.887. The smallest absolute Gasteiger partial charge is 0.229 e. The number of rotatable bonds is 5. The van der Waals surface area contributed by atoms with Gasteiger partial charge in [-0.2, -0.15) is 4.98 Å². The summed E-state index contributed by atoms with van der Waals surface area (Å²) in [6.45, 7) is 8.20. The van der Waals surface area contributed by atoms with Crippen LogP contribution in [0.2, 0.25) is 0 Å². The Hall–Kier alpha value is -2.30. The Morgan fingerprint density at radius 1 is 1.08 bits per heavy atom. The molecule has 5 nitrogen and oxygen atoms in total. The average molecular weight is 326 g/mol. The molecule has 1 aliphatic heterocycles. The lowest BCUT2D eigenvalue weighted by Gasteiger charge is -2.28. The summed E-state index contributed by atoms with van der Waals surface area (Å²) in [7, 11) is 0. The first-order valence-electron chi connectivity index (χ1n) is 8.75. The van der Waals surface area contributed by atoms with Crippen LogP contribution < -0.4 is 15.0 Å². The van der Waals surface area contributed by atoms with Gasteiger partial charge >= 0.3 is 0 Å². The first-order chi connectivity index (χ1) is 11.6. The van der Waals surface area contributed by atoms with Crippen molar-refractivity contribution in [2.24, 2.45) is 0 Å². The molecule has 1 saturated heterocycles. The molecule has 24 heavy (non-hydrogen) atoms. The van der Waals surface area contributed by atoms with Crippen molar-refractivity contribution in [2.45, 2.75) is 46.1 Å². The average Bonchev–Trinajstić information content (AvgIpc) is 2.56. The van der Waals surface area contributed by atoms with Gasteiger partial charge in [0.25, 0.3) is 0 Å². The van der Waals surface area contributed by atoms with Gasteiger partial charge < -0.3 is 15.0 Å². The molecule has 3 rings (SSSR count). The van der Waals surface area contributed by atoms with Crippen LogP contribution in [0, 0.1) is 6.92 Å². The molecule has 2 aromatic rings. The number of hydrogen-bond donors (Lipinski definition) is 1. The van der Waals surface area contributed by atoms with Gasteiger partial charge in [-0.15, -0.1) is 0 Å². The van der Waals surface area contributed by atoms with Crippen LogP contribution in [0.15, 0.2) is 30.3 Å². The number of nitrogens with one attached hydrogen (secondary N) is 1. The molecule has 0 radical (unpaired) electrons. The highest BCUT2D eigenvalue weighted by Gasteiger charge is 2.14. The Kier molecular flexibility index (Phi) is 5.18. The molecule has 1 aromatic carbocycles. The molecular weight excluding hydrogens is 300 g/mol. The maximum Gasteiger partial charge on any atom is 0.229 e. The fourth-order valence-corrected chi connectivity index (χ4v) is 2.94. The molecule has 2 heterocycles. The van der Waals surface area contributed by atoms with Crippen molar-refractivity contribution in [3.05, 3.63) is 36.0 Å². The maximum atomic E-state index is 5.87. The fourth-order valence-electron chi connectivity index (χ4n) is 2.94. The Morgan fingerprint density at radius 2 is 1.83 bits per heavy atom. The third kappa shape index (κ3) is 4.16. The SMILES string of the molecule is Cc1cc(N2CCCCC2)nc(Nc2ccccc2OC(C)C)n1. The predicted molar refractivity (Wildman–Crippen MR) is 98.3 cm³/mol. The van der Waals surface area contributed by atoms with E-state index in [1.807, 2.05) is 45.0 Å². The molecule has 1 aliphatic rings. The largest absolute Gasteiger partial charge is 0.489 e. The fraction of sp³-hybridized carbons (Fsp3) is 0.474. The van der Waals surface area contributed by atoms with Gasteiger partial charge in [0.2, 0.25) is 5.95 Å². The molecule has 0 bridgehead atoms. The zero-order valence-corrected chi connectivity index (χ0v) is 14.7. The number of benzene rings is 1. The number of anilines is 3. The third-order valence-corrected chi connectivity index (χ3v) is 4.02. The summed E-state index contributed by atoms with van der Waals surface area (Å²) in [5.74, 6) is 2.44. The minimum atomic E-state index is 0.121. The number of piperidine rings is 1. The van der Waals surface area contributed by atoms with Crippen molar-refractivity contribution in [1.82, 2.24) is 9.97 Å². The molecular formula is C19H26N4O. The Morgan fingerprint density at radius 3 is 2.58 bits per heavy atom. The molecule has 0 saturated carbocycles. The number of para-hydroxylation sites is 2. The highest BCUT2D eigenvalue weighted by Crippen LogP contribution is 2.28. The minimum absolute atomic E-state index is 0.121. The van der Waals surface area contributed by atoms with Crippen LogP contribution in [0.1, 0.15) is 38.8 Å². The van der Waals surface area contributed by atoms with Crippen molar-refractivity contribution in [3.8, 4) is 5.75 Å². The summed E-state index contributed by atoms with van der Waals surface area (Å²) in [4.78, 5) is 11.6. The van der Waals surface area contributed by atoms with Gasteiger partial charge in [-0.3, -0.25) is 0 Å². The van der Waals surface area contributed by atoms with E-state index < -0.39 is 0 Å². The summed E-state index contributed by atoms with van der Waals surface area (Å²) < 4.78 is 5.87. The molecule has 0 unspecified atom stereocenters. The van der Waals surface area contributed by atoms with Crippen molar-refractivity contribution in [2.75, 3.05) is 23.3 Å². The van der Waals surface area contributed by atoms with E-state index in [0.29, 0.717) is 5.95 Å². The van der Waals surface area contributed by atoms with Gasteiger partial charge in [0.15, 0.2) is 0 Å². The van der Waals surface area contributed by atoms with Gasteiger partial charge in [0.1, 0.15) is 11.6 Å². The van der Waals surface area contributed by atoms with Crippen LogP contribution in [0.5, 0.6) is 5.75 Å². The molecule has 1 N–H and O–H groups in total. The zero-order chi connectivity index (χ0) is 16.9. The van der Waals surface area contributed by atoms with Crippen molar-refractivity contribution >= 4 is 17.5 Å². The summed E-state index contributed by atoms with van der Waals surface area (Å²) in [5, 5.41) is 3.32. The second-order valence-electron chi connectivity index (χ2n) is 6.53. The van der Waals surface area contributed by atoms with Crippen LogP contribution in [0.4, 0.5) is 17.5 Å². The van der Waals surface area contributed by atoms with Gasteiger partial charge in [-0.05, 0) is 52.2 Å². The van der Waals surface area contributed by atoms with Crippen LogP contribution in [0.25, 0.3) is 0 Å². The van der Waals surface area contributed by atoms with E-state index in [0.717, 1.165) is 36.0 Å². The standard InChI is InChI=1S/C19H26N4O/c1-14(2)24-17-10-6-5-9-16(17)21-19-20-15(3)13-18(22-19)23-11-7-4-8-12-23/h5-6,9-10,13-14H,4,7-8,11-12H2,1-3H3,(H,20,21,22). The molecule has 128 valence electrons. The summed E-state index contributed by atoms with van der Waals surface area (Å²) in [6, 6.07) is 9.97. The van der Waals surface area contributed by atoms with E-state index in [1.165, 1.54) is 19.3 Å². The lowest BCUT2D eigenvalue weighted by atomic mass is 10.1. The second kappa shape index (κ2) is 7.51. The molecule has 1 aromatic heterocycles. The van der Waals surface area contributed by atoms with Gasteiger partial charge in [0.05, 0.1) is 11.8 Å². The Balaban J connectivity index is 1.84. The number of nitrogens with zero attached hydrogens (tertiary/aromatic N) is 3. The molecule has 5 heteroatoms. The van der Waals surface area contributed by atoms with Crippen molar-refractivity contribution < 1.29 is 4.74 Å². The molecule has 1 fully saturated rings. The van der Waals surface area contributed by atoms with Crippen LogP contribution in [-0.2, 0) is 0 Å². The highest BCUT2D eigenvalue weighted by molar-refractivity contribution is 5.63. The van der Waals surface area contributed by atoms with E-state index in [2.05, 4.69) is 21.3 Å². The van der Waals surface area contributed by atoms with E-state index in [1.54, 1.807) is 0 Å². The van der Waals surface area contributed by atoms with Crippen LogP contribution in [0.3, 0.4) is 0 Å². The minimum Gasteiger partial charge on any atom is -0.489 e. The number of hydrogen-bond acceptors (Lipinski definition) is 5. The molecule has 0 atom stereocenters. The Labute approximate surface area is 144 Å². The van der Waals surface area contributed by atoms with Crippen LogP contribution in [-0.4, -0.2) is 29.2 Å². The van der Waals surface area contributed by atoms with Crippen LogP contribution >= 0.6 is 0 Å². The zero-order valence-electron chi connectivity index (χ0n) is 14.7. The van der Waals surface area contributed by atoms with Crippen molar-refractivity contribution in [1.29, 1.82) is 0 Å². The lowest BCUT2D eigenvalue weighted by Crippen LogP contribution is -2.30. The van der Waals surface area contributed by atoms with Gasteiger partial charge in [-0.1, -0.05) is 12.1 Å². The summed E-state index contributed by atoms with van der Waals surface area (Å²) >= 11 is 0. The van der Waals surface area contributed by atoms with E-state index >= 15 is 0 Å². The number of ether oxygens (including phenoxy) is 1. The highest BCUT2D eigenvalue weighted by atomic mass is 16.5. The summed E-state index contributed by atoms with van der Waals surface area (Å²) in [6.07, 6.45) is 3.90. The predicted octanol–water partition coefficient (Wildman–Crippen LogP) is 4.31. The molecule has 0 spiro atoms. The first-order valence-corrected chi connectivity index (χ1v) is 8.75. The number of aromatic nitrogens is 2. The molecule has 0 amide bonds. The second-order valence-corrected chi connectivity index (χ2v) is 6.53. The monoisotopic (exact) mass is 326 g/mol. The van der Waals surface area contributed by atoms with Gasteiger partial charge in [-0.25, -0.2) is 4.98 Å². The number of aryl methyl sites for hydroxylation is 1. The lowest BCUT2D eigenvalue weighted by molar-refractivity contribution is 0.244. The van der Waals surface area contributed by atoms with E-state index in [4.69, 9.17) is 9.72 Å². The third-order valence-electron chi connectivity index (χ3n) is 4.02.